The molecule has 0 aliphatic carbocycles. The van der Waals surface area contributed by atoms with E-state index in [1.165, 1.54) is 6.92 Å². The van der Waals surface area contributed by atoms with Crippen molar-refractivity contribution in [3.05, 3.63) is 65.9 Å². The zero-order valence-corrected chi connectivity index (χ0v) is 18.0. The van der Waals surface area contributed by atoms with Crippen LogP contribution in [0.1, 0.15) is 18.2 Å². The Labute approximate surface area is 177 Å². The van der Waals surface area contributed by atoms with Crippen LogP contribution >= 0.6 is 0 Å². The van der Waals surface area contributed by atoms with E-state index in [2.05, 4.69) is 22.0 Å². The van der Waals surface area contributed by atoms with E-state index < -0.39 is 10.0 Å². The number of rotatable bonds is 5. The third-order valence-electron chi connectivity index (χ3n) is 5.42. The van der Waals surface area contributed by atoms with Gasteiger partial charge in [-0.25, -0.2) is 8.42 Å². The van der Waals surface area contributed by atoms with Crippen LogP contribution < -0.4 is 4.90 Å². The van der Waals surface area contributed by atoms with Crippen molar-refractivity contribution in [3.8, 4) is 0 Å². The topological polar surface area (TPSA) is 70.6 Å². The average Bonchev–Trinajstić information content (AvgIpc) is 2.73. The van der Waals surface area contributed by atoms with Crippen molar-refractivity contribution in [2.45, 2.75) is 25.2 Å². The van der Waals surface area contributed by atoms with Gasteiger partial charge in [0.25, 0.3) is 0 Å². The normalized spacial score (nSPS) is 15.5. The maximum absolute atomic E-state index is 13.1. The molecule has 3 aromatic rings. The van der Waals surface area contributed by atoms with Gasteiger partial charge in [-0.15, -0.1) is 0 Å². The molecule has 0 N–H and O–H groups in total. The van der Waals surface area contributed by atoms with Crippen molar-refractivity contribution < 1.29 is 13.2 Å². The third kappa shape index (κ3) is 4.08. The van der Waals surface area contributed by atoms with Crippen LogP contribution in [0.2, 0.25) is 0 Å². The molecule has 7 heteroatoms. The summed E-state index contributed by atoms with van der Waals surface area (Å²) in [5.74, 6) is 0.0561. The van der Waals surface area contributed by atoms with Gasteiger partial charge in [-0.2, -0.15) is 4.31 Å². The predicted octanol–water partition coefficient (Wildman–Crippen LogP) is 3.19. The van der Waals surface area contributed by atoms with Crippen LogP contribution in [0.4, 0.5) is 5.69 Å². The molecule has 1 saturated heterocycles. The zero-order valence-electron chi connectivity index (χ0n) is 17.2. The van der Waals surface area contributed by atoms with Gasteiger partial charge in [0.05, 0.1) is 10.4 Å². The second-order valence-corrected chi connectivity index (χ2v) is 9.65. The van der Waals surface area contributed by atoms with Gasteiger partial charge >= 0.3 is 0 Å². The summed E-state index contributed by atoms with van der Waals surface area (Å²) in [6.07, 6.45) is 0.318. The summed E-state index contributed by atoms with van der Waals surface area (Å²) in [4.78, 5) is 18.4. The molecule has 1 aliphatic rings. The molecule has 0 amide bonds. The fraction of sp³-hybridized carbons (Fsp3) is 0.304. The second kappa shape index (κ2) is 8.16. The largest absolute Gasteiger partial charge is 0.368 e. The first-order valence-corrected chi connectivity index (χ1v) is 11.5. The minimum Gasteiger partial charge on any atom is -0.368 e. The number of nitrogens with zero attached hydrogens (tertiary/aromatic N) is 3. The summed E-state index contributed by atoms with van der Waals surface area (Å²) in [7, 11) is -3.55. The second-order valence-electron chi connectivity index (χ2n) is 7.71. The van der Waals surface area contributed by atoms with Crippen LogP contribution in [0.25, 0.3) is 10.9 Å². The highest BCUT2D eigenvalue weighted by Gasteiger charge is 2.29. The highest BCUT2D eigenvalue weighted by molar-refractivity contribution is 7.89. The van der Waals surface area contributed by atoms with Crippen LogP contribution in [0.15, 0.2) is 59.5 Å². The number of ketones is 1. The molecule has 1 aromatic heterocycles. The summed E-state index contributed by atoms with van der Waals surface area (Å²) in [5.41, 5.74) is 3.83. The lowest BCUT2D eigenvalue weighted by molar-refractivity contribution is -0.116. The number of carbonyl (C=O) groups excluding carboxylic acids is 1. The standard InChI is InChI=1S/C23H25N3O3S/c1-17-15-23(21-5-3-4-6-22(21)24-17)25-11-13-26(14-12-25)30(28,29)20-9-7-19(8-10-20)16-18(2)27/h3-10,15H,11-14,16H2,1-2H3. The highest BCUT2D eigenvalue weighted by atomic mass is 32.2. The van der Waals surface area contributed by atoms with Crippen LogP contribution in [0.5, 0.6) is 0 Å². The van der Waals surface area contributed by atoms with Gasteiger partial charge < -0.3 is 4.90 Å². The maximum Gasteiger partial charge on any atom is 0.243 e. The number of aryl methyl sites for hydroxylation is 1. The van der Waals surface area contributed by atoms with Gasteiger partial charge in [-0.05, 0) is 43.7 Å². The Balaban J connectivity index is 1.51. The Kier molecular flexibility index (Phi) is 5.58. The zero-order chi connectivity index (χ0) is 21.3. The lowest BCUT2D eigenvalue weighted by atomic mass is 10.1. The molecule has 4 rings (SSSR count). The number of piperazine rings is 1. The van der Waals surface area contributed by atoms with Crippen LogP contribution in [-0.2, 0) is 21.2 Å². The molecular weight excluding hydrogens is 398 g/mol. The summed E-state index contributed by atoms with van der Waals surface area (Å²) in [5, 5.41) is 1.08. The van der Waals surface area contributed by atoms with Gasteiger partial charge in [0.2, 0.25) is 10.0 Å². The van der Waals surface area contributed by atoms with Gasteiger partial charge in [0, 0.05) is 49.4 Å². The monoisotopic (exact) mass is 423 g/mol. The summed E-state index contributed by atoms with van der Waals surface area (Å²) < 4.78 is 27.7. The first-order valence-electron chi connectivity index (χ1n) is 10.0. The number of benzene rings is 2. The van der Waals surface area contributed by atoms with E-state index in [9.17, 15) is 13.2 Å². The first kappa shape index (κ1) is 20.5. The van der Waals surface area contributed by atoms with E-state index in [4.69, 9.17) is 0 Å². The molecular formula is C23H25N3O3S. The van der Waals surface area contributed by atoms with E-state index >= 15 is 0 Å². The number of pyridine rings is 1. The number of hydrogen-bond donors (Lipinski definition) is 0. The summed E-state index contributed by atoms with van der Waals surface area (Å²) in [6.45, 7) is 5.59. The van der Waals surface area contributed by atoms with Crippen molar-refractivity contribution in [2.75, 3.05) is 31.1 Å². The minimum absolute atomic E-state index is 0.0561. The van der Waals surface area contributed by atoms with Gasteiger partial charge in [-0.1, -0.05) is 30.3 Å². The van der Waals surface area contributed by atoms with Crippen molar-refractivity contribution >= 4 is 32.4 Å². The van der Waals surface area contributed by atoms with Gasteiger partial charge in [0.1, 0.15) is 5.78 Å². The van der Waals surface area contributed by atoms with Crippen molar-refractivity contribution in [1.29, 1.82) is 0 Å². The lowest BCUT2D eigenvalue weighted by Gasteiger charge is -2.36. The SMILES string of the molecule is CC(=O)Cc1ccc(S(=O)(=O)N2CCN(c3cc(C)nc4ccccc34)CC2)cc1. The Bertz CT molecular complexity index is 1180. The Morgan fingerprint density at radius 2 is 1.67 bits per heavy atom. The van der Waals surface area contributed by atoms with Gasteiger partial charge in [0.15, 0.2) is 0 Å². The van der Waals surface area contributed by atoms with Crippen molar-refractivity contribution in [3.63, 3.8) is 0 Å². The smallest absolute Gasteiger partial charge is 0.243 e. The molecule has 1 aliphatic heterocycles. The van der Waals surface area contributed by atoms with Gasteiger partial charge in [-0.3, -0.25) is 9.78 Å². The van der Waals surface area contributed by atoms with Crippen molar-refractivity contribution in [1.82, 2.24) is 9.29 Å². The van der Waals surface area contributed by atoms with E-state index in [0.29, 0.717) is 32.6 Å². The molecule has 1 fully saturated rings. The van der Waals surface area contributed by atoms with E-state index in [-0.39, 0.29) is 10.7 Å². The minimum atomic E-state index is -3.55. The summed E-state index contributed by atoms with van der Waals surface area (Å²) in [6, 6.07) is 16.7. The molecule has 0 radical (unpaired) electrons. The Morgan fingerprint density at radius 1 is 1.00 bits per heavy atom. The third-order valence-corrected chi connectivity index (χ3v) is 7.33. The highest BCUT2D eigenvalue weighted by Crippen LogP contribution is 2.28. The van der Waals surface area contributed by atoms with E-state index in [0.717, 1.165) is 27.8 Å². The van der Waals surface area contributed by atoms with Crippen molar-refractivity contribution in [2.24, 2.45) is 0 Å². The number of sulfonamides is 1. The predicted molar refractivity (Wildman–Crippen MR) is 118 cm³/mol. The molecule has 0 unspecified atom stereocenters. The number of Topliss-reactive ketones (excluding diaryl/α,β-unsaturated/α-hetero) is 1. The lowest BCUT2D eigenvalue weighted by Crippen LogP contribution is -2.48. The molecule has 156 valence electrons. The van der Waals surface area contributed by atoms with Crippen LogP contribution in [0.3, 0.4) is 0 Å². The van der Waals surface area contributed by atoms with Crippen LogP contribution in [-0.4, -0.2) is 49.7 Å². The fourth-order valence-corrected chi connectivity index (χ4v) is 5.35. The molecule has 0 spiro atoms. The fourth-order valence-electron chi connectivity index (χ4n) is 3.93. The average molecular weight is 424 g/mol. The number of fused-ring (bicyclic) bond motifs is 1. The molecule has 0 bridgehead atoms. The quantitative estimate of drug-likeness (QED) is 0.630. The van der Waals surface area contributed by atoms with Crippen LogP contribution in [0, 0.1) is 6.92 Å². The molecule has 0 atom stereocenters. The first-order chi connectivity index (χ1) is 14.3. The number of para-hydroxylation sites is 1. The van der Waals surface area contributed by atoms with E-state index in [1.54, 1.807) is 28.6 Å². The molecule has 2 heterocycles. The summed E-state index contributed by atoms with van der Waals surface area (Å²) >= 11 is 0. The molecule has 0 saturated carbocycles. The number of aromatic nitrogens is 1. The number of hydrogen-bond acceptors (Lipinski definition) is 5. The molecule has 6 nitrogen and oxygen atoms in total. The Morgan fingerprint density at radius 3 is 2.33 bits per heavy atom. The number of carbonyl (C=O) groups is 1. The Hall–Kier alpha value is -2.77. The maximum atomic E-state index is 13.1. The number of anilines is 1. The van der Waals surface area contributed by atoms with E-state index in [1.807, 2.05) is 25.1 Å². The molecule has 30 heavy (non-hydrogen) atoms. The molecule has 2 aromatic carbocycles.